The number of fused-ring (bicyclic) bond motifs is 1. The van der Waals surface area contributed by atoms with E-state index in [1.165, 1.54) is 0 Å². The molecule has 4 rings (SSSR count). The van der Waals surface area contributed by atoms with E-state index in [1.807, 2.05) is 92.7 Å². The number of rotatable bonds is 5. The van der Waals surface area contributed by atoms with Crippen LogP contribution >= 0.6 is 0 Å². The average Bonchev–Trinajstić information content (AvgIpc) is 3.09. The molecule has 0 aromatic heterocycles. The van der Waals surface area contributed by atoms with Crippen LogP contribution in [-0.2, 0) is 10.0 Å². The summed E-state index contributed by atoms with van der Waals surface area (Å²) < 4.78 is 29.2. The summed E-state index contributed by atoms with van der Waals surface area (Å²) in [6.45, 7) is 5.98. The Kier molecular flexibility index (Phi) is 5.16. The fourth-order valence-corrected chi connectivity index (χ4v) is 5.79. The van der Waals surface area contributed by atoms with Gasteiger partial charge in [-0.25, -0.2) is 8.42 Å². The lowest BCUT2D eigenvalue weighted by molar-refractivity contribution is 0.576. The zero-order valence-corrected chi connectivity index (χ0v) is 18.3. The van der Waals surface area contributed by atoms with Crippen molar-refractivity contribution in [3.63, 3.8) is 0 Å². The summed E-state index contributed by atoms with van der Waals surface area (Å²) in [6.07, 6.45) is 1.86. The minimum absolute atomic E-state index is 0.133. The van der Waals surface area contributed by atoms with Crippen molar-refractivity contribution in [1.82, 2.24) is 0 Å². The van der Waals surface area contributed by atoms with Gasteiger partial charge in [0.1, 0.15) is 0 Å². The van der Waals surface area contributed by atoms with E-state index in [9.17, 15) is 8.42 Å². The van der Waals surface area contributed by atoms with Gasteiger partial charge in [0.15, 0.2) is 0 Å². The van der Waals surface area contributed by atoms with Crippen molar-refractivity contribution in [2.45, 2.75) is 23.8 Å². The number of para-hydroxylation sites is 1. The first kappa shape index (κ1) is 20.2. The largest absolute Gasteiger partial charge is 0.378 e. The van der Waals surface area contributed by atoms with Gasteiger partial charge >= 0.3 is 0 Å². The van der Waals surface area contributed by atoms with Gasteiger partial charge in [-0.15, -0.1) is 6.58 Å². The van der Waals surface area contributed by atoms with Crippen molar-refractivity contribution in [3.05, 3.63) is 102 Å². The van der Waals surface area contributed by atoms with Gasteiger partial charge in [-0.1, -0.05) is 54.1 Å². The summed E-state index contributed by atoms with van der Waals surface area (Å²) in [4.78, 5) is 2.32. The van der Waals surface area contributed by atoms with Crippen molar-refractivity contribution in [2.75, 3.05) is 23.3 Å². The minimum Gasteiger partial charge on any atom is -0.378 e. The Labute approximate surface area is 179 Å². The fraction of sp³-hybridized carbons (Fsp3) is 0.200. The molecule has 2 atom stereocenters. The van der Waals surface area contributed by atoms with Crippen molar-refractivity contribution < 1.29 is 8.42 Å². The van der Waals surface area contributed by atoms with Gasteiger partial charge in [0.25, 0.3) is 10.0 Å². The van der Waals surface area contributed by atoms with E-state index >= 15 is 0 Å². The summed E-state index contributed by atoms with van der Waals surface area (Å²) in [5.41, 5.74) is 4.72. The van der Waals surface area contributed by atoms with E-state index in [-0.39, 0.29) is 12.0 Å². The fourth-order valence-electron chi connectivity index (χ4n) is 4.11. The van der Waals surface area contributed by atoms with Crippen molar-refractivity contribution in [3.8, 4) is 0 Å². The molecule has 0 unspecified atom stereocenters. The van der Waals surface area contributed by atoms with Crippen LogP contribution < -0.4 is 9.21 Å². The molecule has 0 N–H and O–H groups in total. The molecule has 0 spiro atoms. The van der Waals surface area contributed by atoms with E-state index in [0.29, 0.717) is 10.6 Å². The Morgan fingerprint density at radius 1 is 0.933 bits per heavy atom. The monoisotopic (exact) mass is 418 g/mol. The van der Waals surface area contributed by atoms with Crippen LogP contribution in [0, 0.1) is 6.92 Å². The Morgan fingerprint density at radius 3 is 2.17 bits per heavy atom. The van der Waals surface area contributed by atoms with Crippen LogP contribution in [0.1, 0.15) is 28.7 Å². The highest BCUT2D eigenvalue weighted by atomic mass is 32.2. The Hall–Kier alpha value is -3.05. The zero-order chi connectivity index (χ0) is 21.5. The second kappa shape index (κ2) is 7.65. The summed E-state index contributed by atoms with van der Waals surface area (Å²) >= 11 is 0. The molecule has 0 radical (unpaired) electrons. The Morgan fingerprint density at radius 2 is 1.57 bits per heavy atom. The molecule has 0 saturated carbocycles. The highest BCUT2D eigenvalue weighted by Crippen LogP contribution is 2.51. The van der Waals surface area contributed by atoms with Gasteiger partial charge < -0.3 is 4.90 Å². The molecule has 0 bridgehead atoms. The molecule has 0 fully saturated rings. The molecular weight excluding hydrogens is 392 g/mol. The number of benzene rings is 3. The SMILES string of the molecule is C=C[C@H]1c2ccccc2N(S(=O)(=O)c2ccc(C)cc2)[C@@H]1c1ccc(N(C)C)cc1. The van der Waals surface area contributed by atoms with Gasteiger partial charge in [0.2, 0.25) is 0 Å². The Balaban J connectivity index is 1.90. The van der Waals surface area contributed by atoms with Crippen LogP contribution in [0.25, 0.3) is 0 Å². The molecular formula is C25H26N2O2S. The molecule has 0 saturated heterocycles. The predicted octanol–water partition coefficient (Wildman–Crippen LogP) is 5.28. The highest BCUT2D eigenvalue weighted by molar-refractivity contribution is 7.92. The van der Waals surface area contributed by atoms with E-state index in [1.54, 1.807) is 16.4 Å². The van der Waals surface area contributed by atoms with Crippen molar-refractivity contribution in [2.24, 2.45) is 0 Å². The molecule has 30 heavy (non-hydrogen) atoms. The number of aryl methyl sites for hydroxylation is 1. The maximum absolute atomic E-state index is 13.8. The quantitative estimate of drug-likeness (QED) is 0.529. The van der Waals surface area contributed by atoms with Gasteiger partial charge in [-0.05, 0) is 48.4 Å². The predicted molar refractivity (Wildman–Crippen MR) is 124 cm³/mol. The first-order valence-electron chi connectivity index (χ1n) is 9.94. The third-order valence-electron chi connectivity index (χ3n) is 5.71. The van der Waals surface area contributed by atoms with Crippen LogP contribution in [0.4, 0.5) is 11.4 Å². The van der Waals surface area contributed by atoms with Gasteiger partial charge in [0.05, 0.1) is 16.6 Å². The first-order valence-corrected chi connectivity index (χ1v) is 11.4. The van der Waals surface area contributed by atoms with E-state index in [2.05, 4.69) is 6.58 Å². The molecule has 3 aromatic rings. The number of anilines is 2. The molecule has 1 aliphatic rings. The molecule has 4 nitrogen and oxygen atoms in total. The maximum Gasteiger partial charge on any atom is 0.264 e. The second-order valence-electron chi connectivity index (χ2n) is 7.87. The summed E-state index contributed by atoms with van der Waals surface area (Å²) in [6, 6.07) is 22.4. The van der Waals surface area contributed by atoms with Crippen molar-refractivity contribution >= 4 is 21.4 Å². The lowest BCUT2D eigenvalue weighted by atomic mass is 9.90. The number of hydrogen-bond donors (Lipinski definition) is 0. The maximum atomic E-state index is 13.8. The molecule has 154 valence electrons. The number of hydrogen-bond acceptors (Lipinski definition) is 3. The molecule has 3 aromatic carbocycles. The Bertz CT molecular complexity index is 1170. The third-order valence-corrected chi connectivity index (χ3v) is 7.52. The number of nitrogens with zero attached hydrogens (tertiary/aromatic N) is 2. The topological polar surface area (TPSA) is 40.6 Å². The average molecular weight is 419 g/mol. The van der Waals surface area contributed by atoms with E-state index < -0.39 is 10.0 Å². The third kappa shape index (κ3) is 3.29. The molecule has 1 aliphatic heterocycles. The normalized spacial score (nSPS) is 18.2. The van der Waals surface area contributed by atoms with Crippen LogP contribution in [0.5, 0.6) is 0 Å². The lowest BCUT2D eigenvalue weighted by Crippen LogP contribution is -2.33. The van der Waals surface area contributed by atoms with Crippen LogP contribution in [0.15, 0.2) is 90.3 Å². The summed E-state index contributed by atoms with van der Waals surface area (Å²) in [5, 5.41) is 0. The first-order chi connectivity index (χ1) is 14.3. The smallest absolute Gasteiger partial charge is 0.264 e. The molecule has 5 heteroatoms. The molecule has 1 heterocycles. The lowest BCUT2D eigenvalue weighted by Gasteiger charge is -2.30. The van der Waals surface area contributed by atoms with Crippen LogP contribution in [0.3, 0.4) is 0 Å². The standard InChI is InChI=1S/C25H26N2O2S/c1-5-22-23-8-6-7-9-24(23)27(30(28,29)21-16-10-18(2)11-17-21)25(22)19-12-14-20(15-13-19)26(3)4/h5-17,22,25H,1H2,2-4H3/t22-,25+/m0/s1. The highest BCUT2D eigenvalue weighted by Gasteiger charge is 2.44. The van der Waals surface area contributed by atoms with Gasteiger partial charge in [-0.2, -0.15) is 0 Å². The van der Waals surface area contributed by atoms with Gasteiger partial charge in [0, 0.05) is 25.7 Å². The van der Waals surface area contributed by atoms with E-state index in [0.717, 1.165) is 22.4 Å². The second-order valence-corrected chi connectivity index (χ2v) is 9.68. The van der Waals surface area contributed by atoms with Gasteiger partial charge in [-0.3, -0.25) is 4.31 Å². The molecule has 0 amide bonds. The zero-order valence-electron chi connectivity index (χ0n) is 17.5. The summed E-state index contributed by atoms with van der Waals surface area (Å²) in [5.74, 6) is -0.133. The molecule has 0 aliphatic carbocycles. The summed E-state index contributed by atoms with van der Waals surface area (Å²) in [7, 11) is 0.214. The minimum atomic E-state index is -3.76. The van der Waals surface area contributed by atoms with E-state index in [4.69, 9.17) is 0 Å². The van der Waals surface area contributed by atoms with Crippen LogP contribution in [0.2, 0.25) is 0 Å². The van der Waals surface area contributed by atoms with Crippen molar-refractivity contribution in [1.29, 1.82) is 0 Å². The van der Waals surface area contributed by atoms with Crippen LogP contribution in [-0.4, -0.2) is 22.5 Å². The number of sulfonamides is 1.